The number of aliphatic hydroxyl groups excluding tert-OH is 1. The van der Waals surface area contributed by atoms with E-state index in [1.807, 2.05) is 12.1 Å². The number of rotatable bonds is 2. The first-order valence-corrected chi connectivity index (χ1v) is 6.55. The summed E-state index contributed by atoms with van der Waals surface area (Å²) in [4.78, 5) is 0. The Balaban J connectivity index is 2.47. The normalized spacial score (nSPS) is 12.5. The first kappa shape index (κ1) is 12.7. The van der Waals surface area contributed by atoms with Crippen LogP contribution in [0.4, 0.5) is 4.39 Å². The van der Waals surface area contributed by atoms with E-state index in [0.717, 1.165) is 8.95 Å². The molecule has 1 N–H and O–H groups in total. The van der Waals surface area contributed by atoms with Gasteiger partial charge in [-0.05, 0) is 29.8 Å². The van der Waals surface area contributed by atoms with Gasteiger partial charge in [0.2, 0.25) is 0 Å². The molecule has 0 fully saturated rings. The highest BCUT2D eigenvalue weighted by Crippen LogP contribution is 2.31. The summed E-state index contributed by atoms with van der Waals surface area (Å²) in [6.45, 7) is 0. The topological polar surface area (TPSA) is 20.2 Å². The Morgan fingerprint density at radius 1 is 1.00 bits per heavy atom. The fourth-order valence-electron chi connectivity index (χ4n) is 1.59. The van der Waals surface area contributed by atoms with Gasteiger partial charge in [-0.1, -0.05) is 50.1 Å². The van der Waals surface area contributed by atoms with Crippen LogP contribution in [-0.4, -0.2) is 5.11 Å². The first-order valence-electron chi connectivity index (χ1n) is 4.97. The quantitative estimate of drug-likeness (QED) is 0.840. The summed E-state index contributed by atoms with van der Waals surface area (Å²) in [6.07, 6.45) is -0.983. The SMILES string of the molecule is OC(c1cc(Br)ccc1F)c1ccccc1Br. The van der Waals surface area contributed by atoms with Gasteiger partial charge in [-0.25, -0.2) is 4.39 Å². The molecule has 0 aliphatic carbocycles. The van der Waals surface area contributed by atoms with Crippen LogP contribution in [0.25, 0.3) is 0 Å². The van der Waals surface area contributed by atoms with Crippen LogP contribution >= 0.6 is 31.9 Å². The third-order valence-electron chi connectivity index (χ3n) is 2.45. The van der Waals surface area contributed by atoms with Crippen LogP contribution in [0.3, 0.4) is 0 Å². The Kier molecular flexibility index (Phi) is 3.97. The Labute approximate surface area is 116 Å². The van der Waals surface area contributed by atoms with Crippen LogP contribution < -0.4 is 0 Å². The highest BCUT2D eigenvalue weighted by Gasteiger charge is 2.17. The van der Waals surface area contributed by atoms with Crippen molar-refractivity contribution >= 4 is 31.9 Å². The van der Waals surface area contributed by atoms with Gasteiger partial charge >= 0.3 is 0 Å². The lowest BCUT2D eigenvalue weighted by Crippen LogP contribution is -2.03. The fourth-order valence-corrected chi connectivity index (χ4v) is 2.47. The standard InChI is InChI=1S/C13H9Br2FO/c14-8-5-6-12(16)10(7-8)13(17)9-3-1-2-4-11(9)15/h1-7,13,17H. The van der Waals surface area contributed by atoms with Crippen molar-refractivity contribution in [3.63, 3.8) is 0 Å². The van der Waals surface area contributed by atoms with Crippen molar-refractivity contribution in [2.75, 3.05) is 0 Å². The van der Waals surface area contributed by atoms with E-state index in [9.17, 15) is 9.50 Å². The van der Waals surface area contributed by atoms with Crippen LogP contribution in [0.2, 0.25) is 0 Å². The van der Waals surface area contributed by atoms with Crippen LogP contribution in [0.5, 0.6) is 0 Å². The highest BCUT2D eigenvalue weighted by atomic mass is 79.9. The zero-order valence-electron chi connectivity index (χ0n) is 8.70. The molecule has 4 heteroatoms. The van der Waals surface area contributed by atoms with Crippen LogP contribution in [-0.2, 0) is 0 Å². The molecule has 0 aliphatic heterocycles. The van der Waals surface area contributed by atoms with Gasteiger partial charge in [-0.3, -0.25) is 0 Å². The first-order chi connectivity index (χ1) is 8.09. The van der Waals surface area contributed by atoms with Gasteiger partial charge in [0, 0.05) is 14.5 Å². The summed E-state index contributed by atoms with van der Waals surface area (Å²) in [6, 6.07) is 11.7. The van der Waals surface area contributed by atoms with Crippen LogP contribution in [0, 0.1) is 5.82 Å². The molecule has 2 aromatic carbocycles. The van der Waals surface area contributed by atoms with Crippen molar-refractivity contribution < 1.29 is 9.50 Å². The maximum Gasteiger partial charge on any atom is 0.129 e. The smallest absolute Gasteiger partial charge is 0.129 e. The number of halogens is 3. The van der Waals surface area contributed by atoms with E-state index in [1.54, 1.807) is 24.3 Å². The molecule has 1 unspecified atom stereocenters. The lowest BCUT2D eigenvalue weighted by atomic mass is 10.0. The van der Waals surface area contributed by atoms with E-state index >= 15 is 0 Å². The summed E-state index contributed by atoms with van der Waals surface area (Å²) in [5.41, 5.74) is 0.899. The third-order valence-corrected chi connectivity index (χ3v) is 3.67. The zero-order chi connectivity index (χ0) is 12.4. The van der Waals surface area contributed by atoms with Crippen molar-refractivity contribution in [3.8, 4) is 0 Å². The molecule has 0 bridgehead atoms. The molecule has 2 rings (SSSR count). The van der Waals surface area contributed by atoms with Crippen molar-refractivity contribution in [2.45, 2.75) is 6.10 Å². The average Bonchev–Trinajstić information content (AvgIpc) is 2.32. The largest absolute Gasteiger partial charge is 0.384 e. The Morgan fingerprint density at radius 2 is 1.71 bits per heavy atom. The summed E-state index contributed by atoms with van der Waals surface area (Å²) in [5, 5.41) is 10.2. The van der Waals surface area contributed by atoms with E-state index in [1.165, 1.54) is 6.07 Å². The summed E-state index contributed by atoms with van der Waals surface area (Å²) in [7, 11) is 0. The van der Waals surface area contributed by atoms with Gasteiger partial charge in [0.05, 0.1) is 0 Å². The third kappa shape index (κ3) is 2.76. The Morgan fingerprint density at radius 3 is 2.41 bits per heavy atom. The number of benzene rings is 2. The van der Waals surface area contributed by atoms with Crippen molar-refractivity contribution in [1.82, 2.24) is 0 Å². The summed E-state index contributed by atoms with van der Waals surface area (Å²) >= 11 is 6.61. The van der Waals surface area contributed by atoms with Gasteiger partial charge < -0.3 is 5.11 Å². The molecule has 0 radical (unpaired) electrons. The molecule has 1 atom stereocenters. The van der Waals surface area contributed by atoms with E-state index in [0.29, 0.717) is 5.56 Å². The predicted molar refractivity (Wildman–Crippen MR) is 72.3 cm³/mol. The maximum atomic E-state index is 13.6. The molecular formula is C13H9Br2FO. The minimum absolute atomic E-state index is 0.256. The van der Waals surface area contributed by atoms with Gasteiger partial charge in [0.15, 0.2) is 0 Å². The summed E-state index contributed by atoms with van der Waals surface area (Å²) in [5.74, 6) is -0.420. The van der Waals surface area contributed by atoms with Gasteiger partial charge in [-0.15, -0.1) is 0 Å². The second-order valence-corrected chi connectivity index (χ2v) is 5.36. The molecule has 0 saturated heterocycles. The lowest BCUT2D eigenvalue weighted by molar-refractivity contribution is 0.214. The van der Waals surface area contributed by atoms with Crippen molar-refractivity contribution in [3.05, 3.63) is 68.4 Å². The van der Waals surface area contributed by atoms with E-state index < -0.39 is 11.9 Å². The summed E-state index contributed by atoms with van der Waals surface area (Å²) < 4.78 is 15.1. The highest BCUT2D eigenvalue weighted by molar-refractivity contribution is 9.10. The van der Waals surface area contributed by atoms with Crippen molar-refractivity contribution in [1.29, 1.82) is 0 Å². The molecule has 17 heavy (non-hydrogen) atoms. The predicted octanol–water partition coefficient (Wildman–Crippen LogP) is 4.43. The van der Waals surface area contributed by atoms with E-state index in [2.05, 4.69) is 31.9 Å². The average molecular weight is 360 g/mol. The second-order valence-electron chi connectivity index (χ2n) is 3.59. The minimum atomic E-state index is -0.983. The van der Waals surface area contributed by atoms with Gasteiger partial charge in [0.1, 0.15) is 11.9 Å². The molecule has 0 amide bonds. The Hall–Kier alpha value is -0.710. The van der Waals surface area contributed by atoms with Gasteiger partial charge in [-0.2, -0.15) is 0 Å². The van der Waals surface area contributed by atoms with Crippen LogP contribution in [0.1, 0.15) is 17.2 Å². The maximum absolute atomic E-state index is 13.6. The lowest BCUT2D eigenvalue weighted by Gasteiger charge is -2.14. The van der Waals surface area contributed by atoms with E-state index in [-0.39, 0.29) is 5.56 Å². The second kappa shape index (κ2) is 5.29. The number of aliphatic hydroxyl groups is 1. The molecule has 0 heterocycles. The molecule has 0 aromatic heterocycles. The molecule has 2 aromatic rings. The van der Waals surface area contributed by atoms with Crippen LogP contribution in [0.15, 0.2) is 51.4 Å². The number of hydrogen-bond donors (Lipinski definition) is 1. The van der Waals surface area contributed by atoms with Gasteiger partial charge in [0.25, 0.3) is 0 Å². The molecular weight excluding hydrogens is 351 g/mol. The minimum Gasteiger partial charge on any atom is -0.384 e. The zero-order valence-corrected chi connectivity index (χ0v) is 11.9. The molecule has 0 spiro atoms. The number of hydrogen-bond acceptors (Lipinski definition) is 1. The molecule has 0 aliphatic rings. The molecule has 1 nitrogen and oxygen atoms in total. The van der Waals surface area contributed by atoms with Crippen molar-refractivity contribution in [2.24, 2.45) is 0 Å². The Bertz CT molecular complexity index is 543. The molecule has 0 saturated carbocycles. The van der Waals surface area contributed by atoms with E-state index in [4.69, 9.17) is 0 Å². The molecule has 88 valence electrons. The monoisotopic (exact) mass is 358 g/mol. The fraction of sp³-hybridized carbons (Fsp3) is 0.0769.